The molecule has 0 aliphatic heterocycles. The molecule has 2 atom stereocenters. The van der Waals surface area contributed by atoms with E-state index in [1.807, 2.05) is 18.2 Å². The molecule has 0 saturated heterocycles. The highest BCUT2D eigenvalue weighted by atomic mass is 35.5. The SMILES string of the molecule is N#Cc1cncc(COc2cc(OCc3cccc(-c4cccc(COc5cc(OCc6cncc(C#N)c6)c(CN[C@@H](CCCCO)C(=O)O)cc5Cl)c4Cl)c3Cl)c(Cl)cc2CN[C@@H](CCO)C(=O)O)c1. The zero-order chi connectivity index (χ0) is 51.6. The van der Waals surface area contributed by atoms with Crippen molar-refractivity contribution in [3.05, 3.63) is 162 Å². The number of aromatic nitrogens is 2. The monoisotopic (exact) mass is 1060 g/mol. The van der Waals surface area contributed by atoms with E-state index in [0.717, 1.165) is 0 Å². The number of aliphatic carboxylic acids is 2. The zero-order valence-corrected chi connectivity index (χ0v) is 41.4. The molecule has 374 valence electrons. The van der Waals surface area contributed by atoms with Gasteiger partial charge in [0.25, 0.3) is 0 Å². The maximum absolute atomic E-state index is 12.0. The Hall–Kier alpha value is -6.70. The first-order chi connectivity index (χ1) is 34.8. The summed E-state index contributed by atoms with van der Waals surface area (Å²) in [5.74, 6) is -1.02. The molecule has 2 heterocycles. The zero-order valence-electron chi connectivity index (χ0n) is 38.4. The molecule has 0 aliphatic carbocycles. The van der Waals surface area contributed by atoms with Crippen molar-refractivity contribution < 1.29 is 49.0 Å². The van der Waals surface area contributed by atoms with Gasteiger partial charge in [-0.05, 0) is 49.9 Å². The fraction of sp³-hybridized carbons (Fsp3) is 0.269. The first kappa shape index (κ1) is 54.6. The smallest absolute Gasteiger partial charge is 0.320 e. The number of benzene rings is 4. The van der Waals surface area contributed by atoms with E-state index in [9.17, 15) is 40.5 Å². The summed E-state index contributed by atoms with van der Waals surface area (Å²) in [5, 5.41) is 63.9. The maximum atomic E-state index is 12.0. The minimum Gasteiger partial charge on any atom is -0.488 e. The summed E-state index contributed by atoms with van der Waals surface area (Å²) in [6, 6.07) is 22.7. The molecule has 4 aromatic carbocycles. The Morgan fingerprint density at radius 1 is 0.556 bits per heavy atom. The Bertz CT molecular complexity index is 2950. The molecule has 0 amide bonds. The van der Waals surface area contributed by atoms with Crippen LogP contribution in [0.2, 0.25) is 20.1 Å². The number of nitrogens with one attached hydrogen (secondary N) is 2. The Morgan fingerprint density at radius 2 is 1.00 bits per heavy atom. The lowest BCUT2D eigenvalue weighted by Gasteiger charge is -2.19. The van der Waals surface area contributed by atoms with E-state index in [1.54, 1.807) is 73.1 Å². The number of carboxylic acids is 2. The van der Waals surface area contributed by atoms with Gasteiger partial charge < -0.3 is 50.0 Å². The number of carboxylic acid groups (broad SMARTS) is 2. The van der Waals surface area contributed by atoms with E-state index >= 15 is 0 Å². The Morgan fingerprint density at radius 3 is 1.42 bits per heavy atom. The van der Waals surface area contributed by atoms with Crippen LogP contribution < -0.4 is 29.6 Å². The molecule has 72 heavy (non-hydrogen) atoms. The number of halogens is 4. The van der Waals surface area contributed by atoms with Crippen molar-refractivity contribution in [2.75, 3.05) is 13.2 Å². The highest BCUT2D eigenvalue weighted by Gasteiger charge is 2.22. The van der Waals surface area contributed by atoms with E-state index in [0.29, 0.717) is 96.4 Å². The second-order valence-electron chi connectivity index (χ2n) is 16.2. The number of carbonyl (C=O) groups is 2. The predicted molar refractivity (Wildman–Crippen MR) is 269 cm³/mol. The van der Waals surface area contributed by atoms with E-state index in [4.69, 9.17) is 65.4 Å². The normalized spacial score (nSPS) is 11.8. The molecule has 6 aromatic rings. The minimum absolute atomic E-state index is 0.0175. The van der Waals surface area contributed by atoms with Gasteiger partial charge in [0.05, 0.1) is 31.2 Å². The average Bonchev–Trinajstić information content (AvgIpc) is 3.37. The summed E-state index contributed by atoms with van der Waals surface area (Å²) in [7, 11) is 0. The van der Waals surface area contributed by atoms with Gasteiger partial charge in [0, 0.05) is 108 Å². The van der Waals surface area contributed by atoms with Crippen LogP contribution in [0.3, 0.4) is 0 Å². The van der Waals surface area contributed by atoms with Crippen LogP contribution in [0.1, 0.15) is 70.2 Å². The van der Waals surface area contributed by atoms with Crippen LogP contribution >= 0.6 is 46.4 Å². The molecular formula is C52H48Cl4N6O10. The van der Waals surface area contributed by atoms with Crippen LogP contribution in [-0.2, 0) is 49.1 Å². The summed E-state index contributed by atoms with van der Waals surface area (Å²) >= 11 is 27.7. The van der Waals surface area contributed by atoms with E-state index in [1.165, 1.54) is 12.4 Å². The van der Waals surface area contributed by atoms with Crippen molar-refractivity contribution in [2.24, 2.45) is 0 Å². The predicted octanol–water partition coefficient (Wildman–Crippen LogP) is 9.45. The van der Waals surface area contributed by atoms with Crippen molar-refractivity contribution in [2.45, 2.75) is 77.3 Å². The van der Waals surface area contributed by atoms with Gasteiger partial charge in [-0.3, -0.25) is 19.6 Å². The van der Waals surface area contributed by atoms with Crippen LogP contribution in [0, 0.1) is 22.7 Å². The molecule has 6 rings (SSSR count). The van der Waals surface area contributed by atoms with Crippen molar-refractivity contribution in [1.29, 1.82) is 10.5 Å². The maximum Gasteiger partial charge on any atom is 0.320 e. The van der Waals surface area contributed by atoms with E-state index < -0.39 is 24.0 Å². The lowest BCUT2D eigenvalue weighted by atomic mass is 10.0. The van der Waals surface area contributed by atoms with Gasteiger partial charge in [-0.2, -0.15) is 10.5 Å². The molecule has 2 aromatic heterocycles. The number of nitriles is 2. The van der Waals surface area contributed by atoms with Gasteiger partial charge >= 0.3 is 11.9 Å². The highest BCUT2D eigenvalue weighted by molar-refractivity contribution is 6.37. The first-order valence-corrected chi connectivity index (χ1v) is 23.9. The number of pyridine rings is 2. The van der Waals surface area contributed by atoms with Crippen molar-refractivity contribution >= 4 is 58.3 Å². The van der Waals surface area contributed by atoms with Gasteiger partial charge in [0.15, 0.2) is 0 Å². The van der Waals surface area contributed by atoms with Gasteiger partial charge in [-0.15, -0.1) is 0 Å². The molecule has 0 fully saturated rings. The number of aliphatic hydroxyl groups excluding tert-OH is 2. The van der Waals surface area contributed by atoms with Crippen LogP contribution in [-0.4, -0.2) is 67.6 Å². The summed E-state index contributed by atoms with van der Waals surface area (Å²) in [6.07, 6.45) is 7.24. The molecule has 6 N–H and O–H groups in total. The average molecular weight is 1060 g/mol. The Balaban J connectivity index is 1.20. The number of unbranched alkanes of at least 4 members (excludes halogenated alkanes) is 1. The topological polar surface area (TPSA) is 249 Å². The Labute approximate surface area is 435 Å². The third-order valence-electron chi connectivity index (χ3n) is 11.1. The third kappa shape index (κ3) is 15.2. The summed E-state index contributed by atoms with van der Waals surface area (Å²) in [6.45, 7) is -0.295. The highest BCUT2D eigenvalue weighted by Crippen LogP contribution is 2.40. The molecule has 16 nitrogen and oxygen atoms in total. The van der Waals surface area contributed by atoms with Crippen LogP contribution in [0.25, 0.3) is 11.1 Å². The van der Waals surface area contributed by atoms with Crippen molar-refractivity contribution in [3.63, 3.8) is 0 Å². The number of nitrogens with zero attached hydrogens (tertiary/aromatic N) is 4. The molecular weight excluding hydrogens is 1010 g/mol. The lowest BCUT2D eigenvalue weighted by molar-refractivity contribution is -0.140. The van der Waals surface area contributed by atoms with E-state index in [-0.39, 0.29) is 80.7 Å². The van der Waals surface area contributed by atoms with Gasteiger partial charge in [0.1, 0.15) is 73.6 Å². The number of hydrogen-bond donors (Lipinski definition) is 6. The first-order valence-electron chi connectivity index (χ1n) is 22.4. The fourth-order valence-corrected chi connectivity index (χ4v) is 8.33. The minimum atomic E-state index is -1.13. The number of hydrogen-bond acceptors (Lipinski definition) is 14. The quantitative estimate of drug-likeness (QED) is 0.0263. The molecule has 0 bridgehead atoms. The molecule has 0 radical (unpaired) electrons. The standard InChI is InChI=1S/C52H48Cl4N6O10/c53-41-15-37(25-61-43(51(65)66)9-1-2-11-63)45(69-27-33-13-31(19-57)21-59-23-33)17-47(41)71-29-35-5-3-7-39(49(35)55)40-8-4-6-36(50(40)56)30-72-48-18-46(70-28-34-14-32(20-58)22-60-24-34)38(16-42(48)54)26-62-44(10-12-64)52(67)68/h3-8,13-18,21-24,43-44,61-64H,1-2,9-12,25-30H2,(H,65,66)(H,67,68)/t43-,44-/m0/s1. The summed E-state index contributed by atoms with van der Waals surface area (Å²) < 4.78 is 24.9. The molecule has 0 unspecified atom stereocenters. The summed E-state index contributed by atoms with van der Waals surface area (Å²) in [5.41, 5.74) is 5.38. The molecule has 20 heteroatoms. The van der Waals surface area contributed by atoms with Gasteiger partial charge in [-0.25, -0.2) is 0 Å². The van der Waals surface area contributed by atoms with Gasteiger partial charge in [-0.1, -0.05) is 82.8 Å². The lowest BCUT2D eigenvalue weighted by Crippen LogP contribution is -2.37. The Kier molecular flexibility index (Phi) is 20.6. The van der Waals surface area contributed by atoms with Gasteiger partial charge in [0.2, 0.25) is 0 Å². The van der Waals surface area contributed by atoms with Crippen molar-refractivity contribution in [1.82, 2.24) is 20.6 Å². The van der Waals surface area contributed by atoms with Crippen molar-refractivity contribution in [3.8, 4) is 46.3 Å². The van der Waals surface area contributed by atoms with E-state index in [2.05, 4.69) is 26.7 Å². The van der Waals surface area contributed by atoms with Crippen LogP contribution in [0.5, 0.6) is 23.0 Å². The second kappa shape index (κ2) is 27.2. The largest absolute Gasteiger partial charge is 0.488 e. The number of rotatable bonds is 27. The third-order valence-corrected chi connectivity index (χ3v) is 12.6. The summed E-state index contributed by atoms with van der Waals surface area (Å²) in [4.78, 5) is 32.0. The molecule has 0 spiro atoms. The van der Waals surface area contributed by atoms with Crippen LogP contribution in [0.4, 0.5) is 0 Å². The second-order valence-corrected chi connectivity index (χ2v) is 17.7. The fourth-order valence-electron chi connectivity index (χ4n) is 7.29. The number of ether oxygens (including phenoxy) is 4. The number of aliphatic hydroxyl groups is 2. The van der Waals surface area contributed by atoms with Crippen LogP contribution in [0.15, 0.2) is 97.6 Å². The molecule has 0 saturated carbocycles. The molecule has 0 aliphatic rings.